The molecule has 0 bridgehead atoms. The Bertz CT molecular complexity index is 524. The Balaban J connectivity index is 3.03. The fraction of sp³-hybridized carbons (Fsp3) is 0.471. The Hall–Kier alpha value is -1.79. The second-order valence-electron chi connectivity index (χ2n) is 5.29. The highest BCUT2D eigenvalue weighted by Crippen LogP contribution is 2.13. The maximum atomic E-state index is 12.4. The van der Waals surface area contributed by atoms with Gasteiger partial charge in [0.1, 0.15) is 0 Å². The number of hydrogen-bond acceptors (Lipinski definition) is 2. The summed E-state index contributed by atoms with van der Waals surface area (Å²) in [6, 6.07) is 5.87. The van der Waals surface area contributed by atoms with Crippen LogP contribution in [0.2, 0.25) is 0 Å². The van der Waals surface area contributed by atoms with Crippen molar-refractivity contribution in [3.05, 3.63) is 34.9 Å². The summed E-state index contributed by atoms with van der Waals surface area (Å²) in [6.07, 6.45) is 0.916. The van der Waals surface area contributed by atoms with Crippen molar-refractivity contribution in [2.24, 2.45) is 11.7 Å². The maximum Gasteiger partial charge on any atom is 0.252 e. The third-order valence-electron chi connectivity index (χ3n) is 3.31. The van der Waals surface area contributed by atoms with E-state index in [1.807, 2.05) is 25.1 Å². The first-order valence-electron chi connectivity index (χ1n) is 7.10. The molecule has 20 heavy (non-hydrogen) atoms. The molecule has 0 heterocycles. The van der Waals surface area contributed by atoms with Gasteiger partial charge in [0.25, 0.3) is 5.91 Å². The Labute approximate surface area is 121 Å². The first-order chi connectivity index (χ1) is 9.49. The molecule has 0 saturated carbocycles. The van der Waals surface area contributed by atoms with Crippen molar-refractivity contribution in [2.45, 2.75) is 40.2 Å². The topological polar surface area (TPSA) is 55.1 Å². The van der Waals surface area contributed by atoms with Crippen LogP contribution in [0.4, 0.5) is 0 Å². The number of carbonyl (C=O) groups is 1. The average molecular weight is 272 g/mol. The number of rotatable bonds is 4. The molecule has 0 saturated heterocycles. The number of benzene rings is 1. The molecule has 108 valence electrons. The van der Waals surface area contributed by atoms with E-state index in [-0.39, 0.29) is 11.9 Å². The van der Waals surface area contributed by atoms with Crippen LogP contribution in [0.15, 0.2) is 18.2 Å². The molecule has 1 aromatic carbocycles. The monoisotopic (exact) mass is 272 g/mol. The van der Waals surface area contributed by atoms with E-state index in [1.54, 1.807) is 0 Å². The number of amides is 1. The number of nitrogens with one attached hydrogen (secondary N) is 1. The minimum atomic E-state index is -0.0631. The van der Waals surface area contributed by atoms with Crippen LogP contribution in [-0.2, 0) is 0 Å². The molecule has 1 unspecified atom stereocenters. The quantitative estimate of drug-likeness (QED) is 0.827. The molecule has 0 aliphatic heterocycles. The standard InChI is InChI=1S/C17H24N2O/c1-5-16(12(2)3)19-17(20)15-9-8-13(4)11-14(15)7-6-10-18/h8-9,11-12,16H,5,10,18H2,1-4H3,(H,19,20). The molecule has 0 aliphatic carbocycles. The summed E-state index contributed by atoms with van der Waals surface area (Å²) in [5.74, 6) is 6.14. The van der Waals surface area contributed by atoms with Crippen LogP contribution >= 0.6 is 0 Å². The van der Waals surface area contributed by atoms with Gasteiger partial charge >= 0.3 is 0 Å². The fourth-order valence-corrected chi connectivity index (χ4v) is 2.09. The second-order valence-corrected chi connectivity index (χ2v) is 5.29. The molecule has 1 aromatic rings. The molecule has 1 amide bonds. The van der Waals surface area contributed by atoms with Gasteiger partial charge in [-0.3, -0.25) is 4.79 Å². The lowest BCUT2D eigenvalue weighted by atomic mass is 9.99. The van der Waals surface area contributed by atoms with Gasteiger partial charge in [0, 0.05) is 11.6 Å². The number of carbonyl (C=O) groups excluding carboxylic acids is 1. The van der Waals surface area contributed by atoms with Crippen molar-refractivity contribution >= 4 is 5.91 Å². The summed E-state index contributed by atoms with van der Waals surface area (Å²) >= 11 is 0. The summed E-state index contributed by atoms with van der Waals surface area (Å²) in [5.41, 5.74) is 7.85. The smallest absolute Gasteiger partial charge is 0.252 e. The Morgan fingerprint density at radius 2 is 2.10 bits per heavy atom. The lowest BCUT2D eigenvalue weighted by Crippen LogP contribution is -2.38. The molecule has 0 spiro atoms. The van der Waals surface area contributed by atoms with Crippen LogP contribution in [-0.4, -0.2) is 18.5 Å². The van der Waals surface area contributed by atoms with Crippen LogP contribution in [0.1, 0.15) is 48.7 Å². The van der Waals surface area contributed by atoms with Crippen LogP contribution in [0.25, 0.3) is 0 Å². The Morgan fingerprint density at radius 1 is 1.40 bits per heavy atom. The fourth-order valence-electron chi connectivity index (χ4n) is 2.09. The summed E-state index contributed by atoms with van der Waals surface area (Å²) in [7, 11) is 0. The van der Waals surface area contributed by atoms with E-state index < -0.39 is 0 Å². The van der Waals surface area contributed by atoms with Crippen LogP contribution in [0.5, 0.6) is 0 Å². The van der Waals surface area contributed by atoms with Gasteiger partial charge in [0.05, 0.1) is 12.1 Å². The normalized spacial score (nSPS) is 11.7. The van der Waals surface area contributed by atoms with Crippen LogP contribution in [0, 0.1) is 24.7 Å². The molecule has 0 radical (unpaired) electrons. The van der Waals surface area contributed by atoms with E-state index in [9.17, 15) is 4.79 Å². The van der Waals surface area contributed by atoms with Crippen molar-refractivity contribution in [1.29, 1.82) is 0 Å². The number of aryl methyl sites for hydroxylation is 1. The maximum absolute atomic E-state index is 12.4. The molecular formula is C17H24N2O. The van der Waals surface area contributed by atoms with Gasteiger partial charge in [-0.05, 0) is 37.0 Å². The van der Waals surface area contributed by atoms with Crippen molar-refractivity contribution < 1.29 is 4.79 Å². The molecule has 1 atom stereocenters. The van der Waals surface area contributed by atoms with E-state index in [2.05, 4.69) is 37.9 Å². The first-order valence-corrected chi connectivity index (χ1v) is 7.10. The van der Waals surface area contributed by atoms with Crippen molar-refractivity contribution in [1.82, 2.24) is 5.32 Å². The first kappa shape index (κ1) is 16.3. The third kappa shape index (κ3) is 4.40. The Kier molecular flexibility index (Phi) is 6.27. The molecule has 3 N–H and O–H groups in total. The summed E-state index contributed by atoms with van der Waals surface area (Å²) in [6.45, 7) is 8.57. The molecule has 3 heteroatoms. The molecule has 1 rings (SSSR count). The van der Waals surface area contributed by atoms with Gasteiger partial charge in [0.15, 0.2) is 0 Å². The largest absolute Gasteiger partial charge is 0.349 e. The van der Waals surface area contributed by atoms with Crippen molar-refractivity contribution in [3.8, 4) is 11.8 Å². The lowest BCUT2D eigenvalue weighted by molar-refractivity contribution is 0.0924. The van der Waals surface area contributed by atoms with Gasteiger partial charge in [-0.25, -0.2) is 0 Å². The van der Waals surface area contributed by atoms with Gasteiger partial charge in [-0.15, -0.1) is 0 Å². The molecule has 0 aromatic heterocycles. The van der Waals surface area contributed by atoms with E-state index in [4.69, 9.17) is 5.73 Å². The predicted octanol–water partition coefficient (Wildman–Crippen LogP) is 2.47. The van der Waals surface area contributed by atoms with Gasteiger partial charge < -0.3 is 11.1 Å². The minimum Gasteiger partial charge on any atom is -0.349 e. The van der Waals surface area contributed by atoms with E-state index in [0.717, 1.165) is 17.5 Å². The molecule has 0 fully saturated rings. The SMILES string of the molecule is CCC(NC(=O)c1ccc(C)cc1C#CCN)C(C)C. The molecule has 3 nitrogen and oxygen atoms in total. The van der Waals surface area contributed by atoms with E-state index in [1.165, 1.54) is 0 Å². The third-order valence-corrected chi connectivity index (χ3v) is 3.31. The predicted molar refractivity (Wildman–Crippen MR) is 83.5 cm³/mol. The van der Waals surface area contributed by atoms with Crippen molar-refractivity contribution in [2.75, 3.05) is 6.54 Å². The Morgan fingerprint density at radius 3 is 2.65 bits per heavy atom. The van der Waals surface area contributed by atoms with E-state index in [0.29, 0.717) is 18.0 Å². The van der Waals surface area contributed by atoms with Crippen LogP contribution < -0.4 is 11.1 Å². The van der Waals surface area contributed by atoms with E-state index >= 15 is 0 Å². The summed E-state index contributed by atoms with van der Waals surface area (Å²) in [4.78, 5) is 12.4. The zero-order chi connectivity index (χ0) is 15.1. The molecular weight excluding hydrogens is 248 g/mol. The summed E-state index contributed by atoms with van der Waals surface area (Å²) in [5, 5.41) is 3.08. The average Bonchev–Trinajstić information content (AvgIpc) is 2.41. The van der Waals surface area contributed by atoms with Gasteiger partial charge in [-0.1, -0.05) is 38.7 Å². The zero-order valence-electron chi connectivity index (χ0n) is 12.8. The molecule has 0 aliphatic rings. The number of nitrogens with two attached hydrogens (primary N) is 1. The highest BCUT2D eigenvalue weighted by atomic mass is 16.1. The minimum absolute atomic E-state index is 0.0631. The second kappa shape index (κ2) is 7.72. The van der Waals surface area contributed by atoms with Gasteiger partial charge in [0.2, 0.25) is 0 Å². The van der Waals surface area contributed by atoms with Crippen molar-refractivity contribution in [3.63, 3.8) is 0 Å². The lowest BCUT2D eigenvalue weighted by Gasteiger charge is -2.21. The summed E-state index contributed by atoms with van der Waals surface area (Å²) < 4.78 is 0. The van der Waals surface area contributed by atoms with Crippen LogP contribution in [0.3, 0.4) is 0 Å². The highest BCUT2D eigenvalue weighted by Gasteiger charge is 2.17. The van der Waals surface area contributed by atoms with Gasteiger partial charge in [-0.2, -0.15) is 0 Å². The zero-order valence-corrected chi connectivity index (χ0v) is 12.8. The highest BCUT2D eigenvalue weighted by molar-refractivity contribution is 5.97. The number of hydrogen-bond donors (Lipinski definition) is 2.